The summed E-state index contributed by atoms with van der Waals surface area (Å²) in [6.07, 6.45) is 0. The molecule has 0 spiro atoms. The fourth-order valence-corrected chi connectivity index (χ4v) is 2.96. The standard InChI is InChI=1S/C23H21NO6/c1-4-28-23(27)20-19(14(2)25)15(3)29-22(20)24-21(26)16-9-8-12-18(13-16)30-17-10-6-5-7-11-17/h5-13H,4H2,1-3H3,(H,24,26). The Morgan fingerprint density at radius 2 is 1.67 bits per heavy atom. The molecule has 0 unspecified atom stereocenters. The summed E-state index contributed by atoms with van der Waals surface area (Å²) >= 11 is 0. The van der Waals surface area contributed by atoms with E-state index in [0.29, 0.717) is 11.5 Å². The lowest BCUT2D eigenvalue weighted by Gasteiger charge is -2.08. The van der Waals surface area contributed by atoms with Crippen molar-refractivity contribution in [3.8, 4) is 11.5 Å². The molecule has 3 aromatic rings. The summed E-state index contributed by atoms with van der Waals surface area (Å²) in [5, 5.41) is 2.56. The van der Waals surface area contributed by atoms with E-state index < -0.39 is 11.9 Å². The number of carbonyl (C=O) groups excluding carboxylic acids is 3. The monoisotopic (exact) mass is 407 g/mol. The third-order valence-electron chi connectivity index (χ3n) is 4.22. The maximum absolute atomic E-state index is 12.8. The number of hydrogen-bond acceptors (Lipinski definition) is 6. The quantitative estimate of drug-likeness (QED) is 0.437. The topological polar surface area (TPSA) is 94.8 Å². The first-order chi connectivity index (χ1) is 14.4. The van der Waals surface area contributed by atoms with Crippen LogP contribution in [0.25, 0.3) is 0 Å². The molecule has 1 aromatic heterocycles. The minimum atomic E-state index is -0.740. The van der Waals surface area contributed by atoms with E-state index in [4.69, 9.17) is 13.9 Å². The second-order valence-electron chi connectivity index (χ2n) is 6.41. The van der Waals surface area contributed by atoms with Gasteiger partial charge in [-0.1, -0.05) is 24.3 Å². The van der Waals surface area contributed by atoms with Gasteiger partial charge in [-0.3, -0.25) is 14.9 Å². The predicted octanol–water partition coefficient (Wildman–Crippen LogP) is 5.01. The zero-order chi connectivity index (χ0) is 21.7. The number of benzene rings is 2. The number of aryl methyl sites for hydroxylation is 1. The number of Topliss-reactive ketones (excluding diaryl/α,β-unsaturated/α-hetero) is 1. The van der Waals surface area contributed by atoms with Crippen LogP contribution in [0.15, 0.2) is 59.0 Å². The van der Waals surface area contributed by atoms with Crippen LogP contribution in [0.4, 0.5) is 5.88 Å². The Labute approximate surface area is 173 Å². The summed E-state index contributed by atoms with van der Waals surface area (Å²) in [6.45, 7) is 4.63. The van der Waals surface area contributed by atoms with Gasteiger partial charge >= 0.3 is 5.97 Å². The van der Waals surface area contributed by atoms with E-state index in [0.717, 1.165) is 0 Å². The van der Waals surface area contributed by atoms with Crippen LogP contribution in [0, 0.1) is 6.92 Å². The first kappa shape index (κ1) is 20.9. The Morgan fingerprint density at radius 1 is 0.967 bits per heavy atom. The van der Waals surface area contributed by atoms with E-state index in [-0.39, 0.29) is 40.7 Å². The van der Waals surface area contributed by atoms with Crippen molar-refractivity contribution in [3.63, 3.8) is 0 Å². The van der Waals surface area contributed by atoms with Gasteiger partial charge < -0.3 is 13.9 Å². The van der Waals surface area contributed by atoms with Crippen molar-refractivity contribution in [2.75, 3.05) is 11.9 Å². The van der Waals surface area contributed by atoms with Gasteiger partial charge in [0.1, 0.15) is 22.8 Å². The smallest absolute Gasteiger partial charge is 0.344 e. The highest BCUT2D eigenvalue weighted by molar-refractivity contribution is 6.12. The number of amides is 1. The van der Waals surface area contributed by atoms with Crippen molar-refractivity contribution >= 4 is 23.5 Å². The second kappa shape index (κ2) is 9.09. The lowest BCUT2D eigenvalue weighted by atomic mass is 10.1. The van der Waals surface area contributed by atoms with Crippen LogP contribution < -0.4 is 10.1 Å². The minimum Gasteiger partial charge on any atom is -0.462 e. The van der Waals surface area contributed by atoms with Crippen molar-refractivity contribution in [2.24, 2.45) is 0 Å². The molecule has 30 heavy (non-hydrogen) atoms. The highest BCUT2D eigenvalue weighted by Gasteiger charge is 2.29. The molecule has 0 saturated heterocycles. The number of nitrogens with one attached hydrogen (secondary N) is 1. The SMILES string of the molecule is CCOC(=O)c1c(NC(=O)c2cccc(Oc3ccccc3)c2)oc(C)c1C(C)=O. The molecule has 2 aromatic carbocycles. The van der Waals surface area contributed by atoms with Crippen LogP contribution in [0.5, 0.6) is 11.5 Å². The maximum Gasteiger partial charge on any atom is 0.344 e. The van der Waals surface area contributed by atoms with E-state index in [2.05, 4.69) is 5.32 Å². The van der Waals surface area contributed by atoms with Gasteiger partial charge in [0.2, 0.25) is 5.88 Å². The largest absolute Gasteiger partial charge is 0.462 e. The molecule has 0 aliphatic carbocycles. The lowest BCUT2D eigenvalue weighted by Crippen LogP contribution is -2.16. The normalized spacial score (nSPS) is 10.4. The van der Waals surface area contributed by atoms with Crippen molar-refractivity contribution in [3.05, 3.63) is 77.0 Å². The van der Waals surface area contributed by atoms with E-state index in [1.54, 1.807) is 50.2 Å². The molecular formula is C23H21NO6. The Morgan fingerprint density at radius 3 is 2.33 bits per heavy atom. The Kier molecular flexibility index (Phi) is 6.32. The van der Waals surface area contributed by atoms with Crippen LogP contribution in [0.3, 0.4) is 0 Å². The summed E-state index contributed by atoms with van der Waals surface area (Å²) in [4.78, 5) is 37.1. The molecule has 0 saturated carbocycles. The molecule has 1 amide bonds. The van der Waals surface area contributed by atoms with Crippen LogP contribution >= 0.6 is 0 Å². The van der Waals surface area contributed by atoms with Gasteiger partial charge in [0.05, 0.1) is 12.2 Å². The molecule has 0 aliphatic heterocycles. The number of furan rings is 1. The average Bonchev–Trinajstić information content (AvgIpc) is 3.05. The van der Waals surface area contributed by atoms with Gasteiger partial charge in [-0.25, -0.2) is 4.79 Å². The number of carbonyl (C=O) groups is 3. The van der Waals surface area contributed by atoms with Crippen molar-refractivity contribution in [1.82, 2.24) is 0 Å². The summed E-state index contributed by atoms with van der Waals surface area (Å²) in [5.41, 5.74) is 0.286. The molecule has 1 N–H and O–H groups in total. The van der Waals surface area contributed by atoms with Gasteiger partial charge in [0, 0.05) is 5.56 Å². The number of ketones is 1. The van der Waals surface area contributed by atoms with Crippen molar-refractivity contribution < 1.29 is 28.3 Å². The summed E-state index contributed by atoms with van der Waals surface area (Å²) in [7, 11) is 0. The lowest BCUT2D eigenvalue weighted by molar-refractivity contribution is 0.0524. The number of hydrogen-bond donors (Lipinski definition) is 1. The summed E-state index contributed by atoms with van der Waals surface area (Å²) in [5.74, 6) is -0.429. The number of para-hydroxylation sites is 1. The van der Waals surface area contributed by atoms with Gasteiger partial charge in [-0.15, -0.1) is 0 Å². The molecule has 154 valence electrons. The first-order valence-electron chi connectivity index (χ1n) is 9.36. The highest BCUT2D eigenvalue weighted by atomic mass is 16.5. The van der Waals surface area contributed by atoms with Crippen molar-refractivity contribution in [2.45, 2.75) is 20.8 Å². The molecule has 7 heteroatoms. The van der Waals surface area contributed by atoms with Crippen LogP contribution in [-0.4, -0.2) is 24.3 Å². The molecule has 7 nitrogen and oxygen atoms in total. The molecule has 0 atom stereocenters. The Balaban J connectivity index is 1.87. The molecule has 0 aliphatic rings. The summed E-state index contributed by atoms with van der Waals surface area (Å²) in [6, 6.07) is 15.7. The van der Waals surface area contributed by atoms with E-state index >= 15 is 0 Å². The average molecular weight is 407 g/mol. The molecule has 3 rings (SSSR count). The molecule has 0 fully saturated rings. The van der Waals surface area contributed by atoms with Crippen molar-refractivity contribution in [1.29, 1.82) is 0 Å². The number of rotatable bonds is 7. The molecule has 0 bridgehead atoms. The minimum absolute atomic E-state index is 0.0879. The zero-order valence-electron chi connectivity index (χ0n) is 16.9. The van der Waals surface area contributed by atoms with E-state index in [9.17, 15) is 14.4 Å². The molecular weight excluding hydrogens is 386 g/mol. The molecule has 1 heterocycles. The third-order valence-corrected chi connectivity index (χ3v) is 4.22. The van der Waals surface area contributed by atoms with E-state index in [1.807, 2.05) is 18.2 Å². The number of ether oxygens (including phenoxy) is 2. The van der Waals surface area contributed by atoms with Crippen LogP contribution in [0.2, 0.25) is 0 Å². The van der Waals surface area contributed by atoms with Gasteiger partial charge in [-0.05, 0) is 51.1 Å². The first-order valence-corrected chi connectivity index (χ1v) is 9.36. The highest BCUT2D eigenvalue weighted by Crippen LogP contribution is 2.29. The number of esters is 1. The fraction of sp³-hybridized carbons (Fsp3) is 0.174. The zero-order valence-corrected chi connectivity index (χ0v) is 16.9. The Bertz CT molecular complexity index is 1080. The van der Waals surface area contributed by atoms with Crippen LogP contribution in [-0.2, 0) is 4.74 Å². The second-order valence-corrected chi connectivity index (χ2v) is 6.41. The third kappa shape index (κ3) is 4.57. The Hall–Kier alpha value is -3.87. The van der Waals surface area contributed by atoms with Crippen LogP contribution in [0.1, 0.15) is 50.7 Å². The van der Waals surface area contributed by atoms with Gasteiger partial charge in [0.15, 0.2) is 5.78 Å². The predicted molar refractivity (Wildman–Crippen MR) is 110 cm³/mol. The molecule has 0 radical (unpaired) electrons. The van der Waals surface area contributed by atoms with Gasteiger partial charge in [0.25, 0.3) is 5.91 Å². The maximum atomic E-state index is 12.8. The van der Waals surface area contributed by atoms with Gasteiger partial charge in [-0.2, -0.15) is 0 Å². The number of anilines is 1. The van der Waals surface area contributed by atoms with E-state index in [1.165, 1.54) is 6.92 Å². The fourth-order valence-electron chi connectivity index (χ4n) is 2.96. The summed E-state index contributed by atoms with van der Waals surface area (Å²) < 4.78 is 16.3.